The molecule has 0 radical (unpaired) electrons. The molecule has 1 aromatic heterocycles. The van der Waals surface area contributed by atoms with E-state index >= 15 is 0 Å². The lowest BCUT2D eigenvalue weighted by molar-refractivity contribution is -0.134. The lowest BCUT2D eigenvalue weighted by atomic mass is 10.0. The molecular formula is C18H21N3O5S2. The summed E-state index contributed by atoms with van der Waals surface area (Å²) in [7, 11) is -4.18. The molecule has 3 rings (SSSR count). The molecule has 0 spiro atoms. The van der Waals surface area contributed by atoms with Crippen LogP contribution in [0.15, 0.2) is 47.6 Å². The highest BCUT2D eigenvalue weighted by Gasteiger charge is 2.48. The van der Waals surface area contributed by atoms with Gasteiger partial charge in [-0.1, -0.05) is 6.07 Å². The first-order valence-corrected chi connectivity index (χ1v) is 10.9. The number of aromatic hydroxyl groups is 1. The van der Waals surface area contributed by atoms with Gasteiger partial charge in [0.1, 0.15) is 16.7 Å². The molecular weight excluding hydrogens is 402 g/mol. The van der Waals surface area contributed by atoms with Crippen LogP contribution in [0.4, 0.5) is 0 Å². The summed E-state index contributed by atoms with van der Waals surface area (Å²) < 4.78 is 26.8. The molecule has 1 aliphatic heterocycles. The Balaban J connectivity index is 2.03. The summed E-state index contributed by atoms with van der Waals surface area (Å²) in [6.45, 7) is 3.57. The highest BCUT2D eigenvalue weighted by atomic mass is 32.2. The average Bonchev–Trinajstić information content (AvgIpc) is 2.67. The molecule has 1 aromatic carbocycles. The first kappa shape index (κ1) is 20.6. The third-order valence-electron chi connectivity index (χ3n) is 4.65. The van der Waals surface area contributed by atoms with Gasteiger partial charge in [0, 0.05) is 29.4 Å². The number of phenolic OH excluding ortho intramolecular Hbond substituents is 1. The monoisotopic (exact) mass is 423 g/mol. The number of carbonyl (C=O) groups is 1. The maximum Gasteiger partial charge on any atom is 0.263 e. The van der Waals surface area contributed by atoms with Gasteiger partial charge in [-0.3, -0.25) is 15.0 Å². The van der Waals surface area contributed by atoms with E-state index in [0.717, 1.165) is 9.87 Å². The summed E-state index contributed by atoms with van der Waals surface area (Å²) in [5.74, 6) is -0.737. The standard InChI is InChI=1S/C18H21N3O5S2/c1-18(2)16(17(23)20-24)21(9-10-27-18)28(25,26)15-4-3-13(11-14(15)22)12-5-7-19-8-6-12/h3-8,11,16,22,24H,9-10H2,1-2H3,(H,20,23)/t16-/m0/s1. The van der Waals surface area contributed by atoms with E-state index in [1.54, 1.807) is 49.9 Å². The average molecular weight is 424 g/mol. The quantitative estimate of drug-likeness (QED) is 0.507. The van der Waals surface area contributed by atoms with Gasteiger partial charge in [-0.15, -0.1) is 0 Å². The van der Waals surface area contributed by atoms with Crippen molar-refractivity contribution in [3.05, 3.63) is 42.7 Å². The third-order valence-corrected chi connectivity index (χ3v) is 7.92. The Morgan fingerprint density at radius 2 is 1.93 bits per heavy atom. The van der Waals surface area contributed by atoms with Crippen LogP contribution >= 0.6 is 11.8 Å². The fraction of sp³-hybridized carbons (Fsp3) is 0.333. The molecule has 0 saturated carbocycles. The summed E-state index contributed by atoms with van der Waals surface area (Å²) in [6.07, 6.45) is 3.20. The maximum atomic E-state index is 13.3. The van der Waals surface area contributed by atoms with Crippen LogP contribution in [0.2, 0.25) is 0 Å². The molecule has 150 valence electrons. The van der Waals surface area contributed by atoms with E-state index in [1.165, 1.54) is 23.9 Å². The van der Waals surface area contributed by atoms with Crippen molar-refractivity contribution >= 4 is 27.7 Å². The first-order chi connectivity index (χ1) is 13.2. The highest BCUT2D eigenvalue weighted by Crippen LogP contribution is 2.40. The Kier molecular flexibility index (Phi) is 5.67. The van der Waals surface area contributed by atoms with Crippen molar-refractivity contribution in [3.8, 4) is 16.9 Å². The van der Waals surface area contributed by atoms with Crippen LogP contribution in [0.5, 0.6) is 5.75 Å². The fourth-order valence-electron chi connectivity index (χ4n) is 3.31. The highest BCUT2D eigenvalue weighted by molar-refractivity contribution is 8.01. The van der Waals surface area contributed by atoms with Gasteiger partial charge in [0.25, 0.3) is 5.91 Å². The summed E-state index contributed by atoms with van der Waals surface area (Å²) in [6, 6.07) is 6.65. The van der Waals surface area contributed by atoms with Gasteiger partial charge in [0.05, 0.1) is 0 Å². The minimum atomic E-state index is -4.18. The van der Waals surface area contributed by atoms with E-state index in [4.69, 9.17) is 5.21 Å². The molecule has 0 unspecified atom stereocenters. The summed E-state index contributed by atoms with van der Waals surface area (Å²) >= 11 is 1.44. The Morgan fingerprint density at radius 3 is 2.54 bits per heavy atom. The number of sulfonamides is 1. The summed E-state index contributed by atoms with van der Waals surface area (Å²) in [5.41, 5.74) is 2.98. The van der Waals surface area contributed by atoms with Crippen LogP contribution in [0.1, 0.15) is 13.8 Å². The van der Waals surface area contributed by atoms with Crippen LogP contribution in [0.25, 0.3) is 11.1 Å². The topological polar surface area (TPSA) is 120 Å². The van der Waals surface area contributed by atoms with Crippen molar-refractivity contribution in [2.24, 2.45) is 0 Å². The third kappa shape index (κ3) is 3.72. The van der Waals surface area contributed by atoms with Crippen LogP contribution in [0, 0.1) is 0 Å². The smallest absolute Gasteiger partial charge is 0.263 e. The zero-order valence-electron chi connectivity index (χ0n) is 15.4. The van der Waals surface area contributed by atoms with Crippen molar-refractivity contribution < 1.29 is 23.5 Å². The molecule has 2 aromatic rings. The van der Waals surface area contributed by atoms with Crippen molar-refractivity contribution in [3.63, 3.8) is 0 Å². The number of pyridine rings is 1. The Morgan fingerprint density at radius 1 is 1.25 bits per heavy atom. The van der Waals surface area contributed by atoms with Gasteiger partial charge >= 0.3 is 0 Å². The van der Waals surface area contributed by atoms with Crippen molar-refractivity contribution in [2.75, 3.05) is 12.3 Å². The molecule has 1 atom stereocenters. The number of phenols is 1. The van der Waals surface area contributed by atoms with Crippen LogP contribution in [0.3, 0.4) is 0 Å². The second-order valence-corrected chi connectivity index (χ2v) is 10.5. The Hall–Kier alpha value is -2.14. The van der Waals surface area contributed by atoms with Gasteiger partial charge in [0.15, 0.2) is 0 Å². The SMILES string of the molecule is CC1(C)SCCN(S(=O)(=O)c2ccc(-c3ccncc3)cc2O)[C@H]1C(=O)NO. The molecule has 2 heterocycles. The fourth-order valence-corrected chi connectivity index (χ4v) is 6.48. The predicted molar refractivity (Wildman–Crippen MR) is 105 cm³/mol. The number of hydroxylamine groups is 1. The number of thioether (sulfide) groups is 1. The van der Waals surface area contributed by atoms with Gasteiger partial charge in [-0.25, -0.2) is 13.9 Å². The molecule has 8 nitrogen and oxygen atoms in total. The molecule has 28 heavy (non-hydrogen) atoms. The second kappa shape index (κ2) is 7.70. The molecule has 10 heteroatoms. The number of nitrogens with one attached hydrogen (secondary N) is 1. The van der Waals surface area contributed by atoms with E-state index in [0.29, 0.717) is 11.3 Å². The number of aromatic nitrogens is 1. The molecule has 1 fully saturated rings. The van der Waals surface area contributed by atoms with Crippen LogP contribution in [-0.4, -0.2) is 57.0 Å². The van der Waals surface area contributed by atoms with Crippen molar-refractivity contribution in [2.45, 2.75) is 29.5 Å². The number of carbonyl (C=O) groups excluding carboxylic acids is 1. The minimum absolute atomic E-state index is 0.0834. The number of hydrogen-bond acceptors (Lipinski definition) is 7. The lowest BCUT2D eigenvalue weighted by Gasteiger charge is -2.43. The Bertz CT molecular complexity index is 980. The summed E-state index contributed by atoms with van der Waals surface area (Å²) in [5, 5.41) is 19.6. The van der Waals surface area contributed by atoms with Gasteiger partial charge in [-0.2, -0.15) is 16.1 Å². The number of hydrogen-bond donors (Lipinski definition) is 3. The van der Waals surface area contributed by atoms with Gasteiger partial charge in [-0.05, 0) is 49.2 Å². The van der Waals surface area contributed by atoms with Crippen LogP contribution in [-0.2, 0) is 14.8 Å². The molecule has 1 amide bonds. The van der Waals surface area contributed by atoms with E-state index in [-0.39, 0.29) is 11.4 Å². The second-order valence-electron chi connectivity index (χ2n) is 6.86. The minimum Gasteiger partial charge on any atom is -0.507 e. The molecule has 0 bridgehead atoms. The predicted octanol–water partition coefficient (Wildman–Crippen LogP) is 1.84. The van der Waals surface area contributed by atoms with Crippen LogP contribution < -0.4 is 5.48 Å². The van der Waals surface area contributed by atoms with Crippen molar-refractivity contribution in [1.82, 2.24) is 14.8 Å². The first-order valence-electron chi connectivity index (χ1n) is 8.51. The molecule has 0 aliphatic carbocycles. The van der Waals surface area contributed by atoms with Gasteiger partial charge < -0.3 is 5.11 Å². The molecule has 3 N–H and O–H groups in total. The normalized spacial score (nSPS) is 19.9. The lowest BCUT2D eigenvalue weighted by Crippen LogP contribution is -2.61. The summed E-state index contributed by atoms with van der Waals surface area (Å²) in [4.78, 5) is 15.9. The zero-order valence-corrected chi connectivity index (χ0v) is 17.0. The van der Waals surface area contributed by atoms with E-state index in [1.807, 2.05) is 0 Å². The van der Waals surface area contributed by atoms with E-state index in [9.17, 15) is 18.3 Å². The number of amides is 1. The number of rotatable bonds is 4. The van der Waals surface area contributed by atoms with E-state index < -0.39 is 32.5 Å². The number of nitrogens with zero attached hydrogens (tertiary/aromatic N) is 2. The molecule has 1 saturated heterocycles. The Labute approximate surface area is 167 Å². The maximum absolute atomic E-state index is 13.3. The van der Waals surface area contributed by atoms with Gasteiger partial charge in [0.2, 0.25) is 10.0 Å². The van der Waals surface area contributed by atoms with E-state index in [2.05, 4.69) is 4.98 Å². The largest absolute Gasteiger partial charge is 0.507 e. The zero-order chi connectivity index (χ0) is 20.5. The molecule has 1 aliphatic rings. The number of benzene rings is 1. The van der Waals surface area contributed by atoms with Crippen molar-refractivity contribution in [1.29, 1.82) is 0 Å².